The fourth-order valence-corrected chi connectivity index (χ4v) is 5.90. The zero-order valence-electron chi connectivity index (χ0n) is 18.1. The van der Waals surface area contributed by atoms with E-state index >= 15 is 0 Å². The van der Waals surface area contributed by atoms with Gasteiger partial charge < -0.3 is 10.6 Å². The summed E-state index contributed by atoms with van der Waals surface area (Å²) in [6.07, 6.45) is 4.17. The van der Waals surface area contributed by atoms with Crippen LogP contribution in [0.1, 0.15) is 13.3 Å². The smallest absolute Gasteiger partial charge is 0.268 e. The summed E-state index contributed by atoms with van der Waals surface area (Å²) in [5.41, 5.74) is 1.69. The molecule has 1 saturated heterocycles. The molecule has 7 nitrogen and oxygen atoms in total. The van der Waals surface area contributed by atoms with Crippen molar-refractivity contribution >= 4 is 38.5 Å². The Hall–Kier alpha value is -2.94. The summed E-state index contributed by atoms with van der Waals surface area (Å²) in [5.74, 6) is 1.03. The number of piperidine rings is 1. The zero-order valence-corrected chi connectivity index (χ0v) is 19.6. The number of aromatic nitrogens is 3. The van der Waals surface area contributed by atoms with Gasteiger partial charge in [0.25, 0.3) is 10.0 Å². The summed E-state index contributed by atoms with van der Waals surface area (Å²) in [6.45, 7) is 4.04. The van der Waals surface area contributed by atoms with E-state index in [9.17, 15) is 8.42 Å². The van der Waals surface area contributed by atoms with Gasteiger partial charge >= 0.3 is 0 Å². The molecule has 4 aromatic rings. The summed E-state index contributed by atoms with van der Waals surface area (Å²) < 4.78 is 28.1. The maximum Gasteiger partial charge on any atom is 0.268 e. The molecule has 1 aliphatic rings. The third-order valence-corrected chi connectivity index (χ3v) is 7.85. The van der Waals surface area contributed by atoms with Crippen LogP contribution in [0, 0.1) is 5.92 Å². The lowest BCUT2D eigenvalue weighted by Crippen LogP contribution is -2.42. The molecule has 2 unspecified atom stereocenters. The van der Waals surface area contributed by atoms with Crippen molar-refractivity contribution in [2.24, 2.45) is 5.92 Å². The molecule has 1 fully saturated rings. The highest BCUT2D eigenvalue weighted by molar-refractivity contribution is 7.90. The molecule has 5 rings (SSSR count). The minimum absolute atomic E-state index is 0.211. The Morgan fingerprint density at radius 3 is 2.64 bits per heavy atom. The third kappa shape index (κ3) is 4.21. The van der Waals surface area contributed by atoms with E-state index in [1.165, 1.54) is 3.97 Å². The topological polar surface area (TPSA) is 88.9 Å². The molecule has 0 saturated carbocycles. The second-order valence-corrected chi connectivity index (χ2v) is 10.6. The number of para-hydroxylation sites is 1. The van der Waals surface area contributed by atoms with Gasteiger partial charge in [0.1, 0.15) is 0 Å². The van der Waals surface area contributed by atoms with Gasteiger partial charge in [-0.3, -0.25) is 0 Å². The molecule has 3 heterocycles. The normalized spacial score (nSPS) is 19.0. The maximum absolute atomic E-state index is 13.4. The van der Waals surface area contributed by atoms with Crippen molar-refractivity contribution in [1.29, 1.82) is 0 Å². The fourth-order valence-electron chi connectivity index (χ4n) is 4.32. The van der Waals surface area contributed by atoms with E-state index < -0.39 is 10.0 Å². The summed E-state index contributed by atoms with van der Waals surface area (Å²) in [4.78, 5) is 9.26. The van der Waals surface area contributed by atoms with Crippen LogP contribution >= 0.6 is 11.6 Å². The molecule has 0 aliphatic carbocycles. The minimum atomic E-state index is -3.80. The lowest BCUT2D eigenvalue weighted by Gasteiger charge is -2.28. The van der Waals surface area contributed by atoms with Crippen LogP contribution in [0.25, 0.3) is 22.2 Å². The van der Waals surface area contributed by atoms with Crippen LogP contribution in [-0.2, 0) is 10.0 Å². The Morgan fingerprint density at radius 2 is 1.85 bits per heavy atom. The Balaban J connectivity index is 1.60. The predicted molar refractivity (Wildman–Crippen MR) is 131 cm³/mol. The van der Waals surface area contributed by atoms with Crippen molar-refractivity contribution < 1.29 is 8.42 Å². The van der Waals surface area contributed by atoms with Gasteiger partial charge in [0, 0.05) is 29.7 Å². The highest BCUT2D eigenvalue weighted by atomic mass is 35.5. The first kappa shape index (κ1) is 21.9. The van der Waals surface area contributed by atoms with Gasteiger partial charge in [0.05, 0.1) is 27.3 Å². The van der Waals surface area contributed by atoms with Crippen LogP contribution in [0.2, 0.25) is 5.02 Å². The van der Waals surface area contributed by atoms with Gasteiger partial charge in [-0.15, -0.1) is 0 Å². The molecule has 170 valence electrons. The van der Waals surface area contributed by atoms with Crippen molar-refractivity contribution in [1.82, 2.24) is 19.3 Å². The minimum Gasteiger partial charge on any atom is -0.350 e. The molecule has 0 amide bonds. The number of halogens is 1. The largest absolute Gasteiger partial charge is 0.350 e. The second-order valence-electron chi connectivity index (χ2n) is 8.40. The first-order chi connectivity index (χ1) is 15.9. The Morgan fingerprint density at radius 1 is 1.09 bits per heavy atom. The number of anilines is 1. The molecule has 0 bridgehead atoms. The fraction of sp³-hybridized carbons (Fsp3) is 0.250. The summed E-state index contributed by atoms with van der Waals surface area (Å²) in [6, 6.07) is 15.9. The number of hydrogen-bond donors (Lipinski definition) is 2. The zero-order chi connectivity index (χ0) is 23.0. The number of nitrogens with zero attached hydrogens (tertiary/aromatic N) is 3. The van der Waals surface area contributed by atoms with Crippen molar-refractivity contribution in [3.8, 4) is 11.3 Å². The monoisotopic (exact) mass is 481 g/mol. The number of rotatable bonds is 5. The van der Waals surface area contributed by atoms with E-state index in [1.54, 1.807) is 48.8 Å². The van der Waals surface area contributed by atoms with Gasteiger partial charge in [0.2, 0.25) is 5.95 Å². The van der Waals surface area contributed by atoms with Crippen molar-refractivity contribution in [3.63, 3.8) is 0 Å². The first-order valence-corrected chi connectivity index (χ1v) is 12.7. The molecule has 0 spiro atoms. The molecule has 2 atom stereocenters. The van der Waals surface area contributed by atoms with E-state index in [4.69, 9.17) is 11.6 Å². The Kier molecular flexibility index (Phi) is 5.82. The molecule has 0 radical (unpaired) electrons. The standard InChI is InChI=1S/C24H24ClN5O2S/c1-16-11-17(13-26-12-16)28-24-27-14-21(25)23(29-24)20-15-30(22-10-6-5-9-19(20)22)33(31,32)18-7-3-2-4-8-18/h2-10,14-17,26H,11-13H2,1H3,(H,27,28,29). The van der Waals surface area contributed by atoms with Crippen LogP contribution < -0.4 is 10.6 Å². The first-order valence-electron chi connectivity index (χ1n) is 10.8. The Bertz CT molecular complexity index is 1410. The van der Waals surface area contributed by atoms with Crippen LogP contribution in [0.3, 0.4) is 0 Å². The number of fused-ring (bicyclic) bond motifs is 1. The molecule has 2 N–H and O–H groups in total. The number of benzene rings is 2. The highest BCUT2D eigenvalue weighted by Gasteiger charge is 2.24. The van der Waals surface area contributed by atoms with Crippen LogP contribution in [-0.4, -0.2) is 41.5 Å². The van der Waals surface area contributed by atoms with Crippen LogP contribution in [0.15, 0.2) is 71.9 Å². The molecule has 2 aromatic heterocycles. The molecule has 9 heteroatoms. The van der Waals surface area contributed by atoms with Gasteiger partial charge in [-0.2, -0.15) is 0 Å². The van der Waals surface area contributed by atoms with E-state index in [-0.39, 0.29) is 10.9 Å². The molecule has 1 aliphatic heterocycles. The predicted octanol–water partition coefficient (Wildman–Crippen LogP) is 4.40. The van der Waals surface area contributed by atoms with E-state index in [0.717, 1.165) is 24.9 Å². The van der Waals surface area contributed by atoms with Gasteiger partial charge in [-0.1, -0.05) is 54.9 Å². The molecular formula is C24H24ClN5O2S. The quantitative estimate of drug-likeness (QED) is 0.439. The SMILES string of the molecule is CC1CNCC(Nc2ncc(Cl)c(-c3cn(S(=O)(=O)c4ccccc4)c4ccccc34)n2)C1. The number of nitrogens with one attached hydrogen (secondary N) is 2. The average molecular weight is 482 g/mol. The maximum atomic E-state index is 13.4. The molecule has 33 heavy (non-hydrogen) atoms. The van der Waals surface area contributed by atoms with Crippen molar-refractivity contribution in [2.75, 3.05) is 18.4 Å². The lowest BCUT2D eigenvalue weighted by molar-refractivity contribution is 0.377. The van der Waals surface area contributed by atoms with Gasteiger partial charge in [0.15, 0.2) is 0 Å². The van der Waals surface area contributed by atoms with E-state index in [1.807, 2.05) is 18.2 Å². The van der Waals surface area contributed by atoms with Crippen LogP contribution in [0.4, 0.5) is 5.95 Å². The van der Waals surface area contributed by atoms with E-state index in [2.05, 4.69) is 27.5 Å². The molecular weight excluding hydrogens is 458 g/mol. The van der Waals surface area contributed by atoms with Crippen molar-refractivity contribution in [2.45, 2.75) is 24.3 Å². The average Bonchev–Trinajstić information content (AvgIpc) is 3.21. The Labute approximate surface area is 197 Å². The van der Waals surface area contributed by atoms with Crippen molar-refractivity contribution in [3.05, 3.63) is 72.0 Å². The summed E-state index contributed by atoms with van der Waals surface area (Å²) >= 11 is 6.51. The number of hydrogen-bond acceptors (Lipinski definition) is 6. The van der Waals surface area contributed by atoms with Crippen LogP contribution in [0.5, 0.6) is 0 Å². The third-order valence-electron chi connectivity index (χ3n) is 5.88. The summed E-state index contributed by atoms with van der Waals surface area (Å²) in [7, 11) is -3.80. The van der Waals surface area contributed by atoms with Gasteiger partial charge in [-0.05, 0) is 37.1 Å². The highest BCUT2D eigenvalue weighted by Crippen LogP contribution is 2.35. The van der Waals surface area contributed by atoms with Gasteiger partial charge in [-0.25, -0.2) is 22.4 Å². The molecule has 2 aromatic carbocycles. The van der Waals surface area contributed by atoms with E-state index in [0.29, 0.717) is 33.7 Å². The summed E-state index contributed by atoms with van der Waals surface area (Å²) in [5, 5.41) is 7.90. The lowest BCUT2D eigenvalue weighted by atomic mass is 9.98. The second kappa shape index (κ2) is 8.78.